The molecule has 26 heavy (non-hydrogen) atoms. The zero-order chi connectivity index (χ0) is 19.3. The molecule has 1 N–H and O–H groups in total. The first-order valence-corrected chi connectivity index (χ1v) is 9.12. The summed E-state index contributed by atoms with van der Waals surface area (Å²) in [6, 6.07) is 6.15. The summed E-state index contributed by atoms with van der Waals surface area (Å²) in [5.74, 6) is 0.572. The first kappa shape index (κ1) is 20.2. The van der Waals surface area contributed by atoms with Gasteiger partial charge in [-0.2, -0.15) is 0 Å². The Balaban J connectivity index is 2.17. The smallest absolute Gasteiger partial charge is 0.325 e. The van der Waals surface area contributed by atoms with Crippen LogP contribution in [0.3, 0.4) is 0 Å². The fourth-order valence-electron chi connectivity index (χ4n) is 3.05. The number of urea groups is 1. The Bertz CT molecular complexity index is 622. The molecular weight excluding hydrogens is 332 g/mol. The van der Waals surface area contributed by atoms with E-state index in [2.05, 4.69) is 26.1 Å². The van der Waals surface area contributed by atoms with Gasteiger partial charge in [0.25, 0.3) is 5.91 Å². The molecule has 1 fully saturated rings. The van der Waals surface area contributed by atoms with Crippen LogP contribution in [0.5, 0.6) is 5.75 Å². The number of ether oxygens (including phenoxy) is 2. The average molecular weight is 362 g/mol. The zero-order valence-electron chi connectivity index (χ0n) is 16.4. The van der Waals surface area contributed by atoms with Crippen molar-refractivity contribution in [1.29, 1.82) is 0 Å². The van der Waals surface area contributed by atoms with E-state index in [0.717, 1.165) is 17.7 Å². The van der Waals surface area contributed by atoms with Crippen LogP contribution in [0.25, 0.3) is 0 Å². The number of imide groups is 1. The molecule has 0 aliphatic carbocycles. The third-order valence-corrected chi connectivity index (χ3v) is 4.45. The summed E-state index contributed by atoms with van der Waals surface area (Å²) in [6.45, 7) is 9.13. The monoisotopic (exact) mass is 362 g/mol. The van der Waals surface area contributed by atoms with Gasteiger partial charge in [-0.25, -0.2) is 4.79 Å². The molecule has 3 amide bonds. The second-order valence-corrected chi connectivity index (χ2v) is 7.78. The number of hydrogen-bond donors (Lipinski definition) is 1. The first-order chi connectivity index (χ1) is 12.3. The highest BCUT2D eigenvalue weighted by atomic mass is 16.5. The lowest BCUT2D eigenvalue weighted by Gasteiger charge is -2.25. The van der Waals surface area contributed by atoms with Crippen LogP contribution < -0.4 is 10.1 Å². The van der Waals surface area contributed by atoms with E-state index < -0.39 is 12.1 Å². The lowest BCUT2D eigenvalue weighted by atomic mass is 9.88. The van der Waals surface area contributed by atoms with Gasteiger partial charge in [0.15, 0.2) is 0 Å². The van der Waals surface area contributed by atoms with Crippen LogP contribution >= 0.6 is 0 Å². The molecule has 1 aromatic rings. The summed E-state index contributed by atoms with van der Waals surface area (Å²) in [5.41, 5.74) is 0.953. The molecule has 2 atom stereocenters. The fourth-order valence-corrected chi connectivity index (χ4v) is 3.05. The van der Waals surface area contributed by atoms with E-state index in [-0.39, 0.29) is 24.0 Å². The Kier molecular flexibility index (Phi) is 6.64. The van der Waals surface area contributed by atoms with Crippen LogP contribution in [0, 0.1) is 5.41 Å². The molecule has 1 saturated heterocycles. The molecule has 6 nitrogen and oxygen atoms in total. The Labute approximate surface area is 155 Å². The van der Waals surface area contributed by atoms with Crippen LogP contribution in [0.15, 0.2) is 24.3 Å². The van der Waals surface area contributed by atoms with Gasteiger partial charge in [-0.05, 0) is 42.9 Å². The van der Waals surface area contributed by atoms with E-state index in [1.165, 1.54) is 4.90 Å². The quantitative estimate of drug-likeness (QED) is 0.719. The van der Waals surface area contributed by atoms with Crippen molar-refractivity contribution in [2.45, 2.75) is 52.6 Å². The Hall–Kier alpha value is -2.08. The highest BCUT2D eigenvalue weighted by molar-refractivity contribution is 6.04. The van der Waals surface area contributed by atoms with Gasteiger partial charge in [0.1, 0.15) is 11.8 Å². The second-order valence-electron chi connectivity index (χ2n) is 7.78. The molecule has 0 bridgehead atoms. The molecule has 1 aliphatic heterocycles. The summed E-state index contributed by atoms with van der Waals surface area (Å²) in [4.78, 5) is 26.6. The van der Waals surface area contributed by atoms with Gasteiger partial charge in [0.05, 0.1) is 19.3 Å². The van der Waals surface area contributed by atoms with Crippen LogP contribution in [0.4, 0.5) is 4.79 Å². The summed E-state index contributed by atoms with van der Waals surface area (Å²) >= 11 is 0. The van der Waals surface area contributed by atoms with Gasteiger partial charge in [0, 0.05) is 7.11 Å². The van der Waals surface area contributed by atoms with E-state index in [0.29, 0.717) is 13.0 Å². The molecule has 1 heterocycles. The highest BCUT2D eigenvalue weighted by Crippen LogP contribution is 2.29. The van der Waals surface area contributed by atoms with E-state index in [1.807, 2.05) is 31.2 Å². The number of hydrogen-bond acceptors (Lipinski definition) is 4. The summed E-state index contributed by atoms with van der Waals surface area (Å²) < 4.78 is 10.7. The first-order valence-electron chi connectivity index (χ1n) is 9.12. The topological polar surface area (TPSA) is 67.9 Å². The fraction of sp³-hybridized carbons (Fsp3) is 0.600. The normalized spacial score (nSPS) is 18.8. The average Bonchev–Trinajstić information content (AvgIpc) is 2.85. The minimum atomic E-state index is -0.469. The van der Waals surface area contributed by atoms with Crippen LogP contribution in [-0.4, -0.2) is 43.2 Å². The Morgan fingerprint density at radius 3 is 2.38 bits per heavy atom. The Morgan fingerprint density at radius 1 is 1.19 bits per heavy atom. The van der Waals surface area contributed by atoms with Gasteiger partial charge in [-0.15, -0.1) is 0 Å². The van der Waals surface area contributed by atoms with Crippen LogP contribution in [0.2, 0.25) is 0 Å². The number of methoxy groups -OCH3 is 1. The molecule has 1 aromatic carbocycles. The number of rotatable bonds is 8. The predicted octanol–water partition coefficient (Wildman–Crippen LogP) is 3.52. The van der Waals surface area contributed by atoms with E-state index >= 15 is 0 Å². The minimum absolute atomic E-state index is 0.111. The molecule has 144 valence electrons. The number of carbonyl (C=O) groups is 2. The molecule has 0 radical (unpaired) electrons. The number of nitrogens with one attached hydrogen (secondary N) is 1. The van der Waals surface area contributed by atoms with Crippen molar-refractivity contribution in [3.63, 3.8) is 0 Å². The number of nitrogens with zero attached hydrogens (tertiary/aromatic N) is 1. The SMILES string of the molecule is CCOc1ccc([C@H](COC)N2C(=O)N[C@@H](CCC(C)(C)C)C2=O)cc1. The molecule has 0 spiro atoms. The number of benzene rings is 1. The Morgan fingerprint density at radius 2 is 1.85 bits per heavy atom. The molecule has 0 saturated carbocycles. The third kappa shape index (κ3) is 4.97. The second kappa shape index (κ2) is 8.54. The zero-order valence-corrected chi connectivity index (χ0v) is 16.4. The standard InChI is InChI=1S/C20H30N2O4/c1-6-26-15-9-7-14(8-10-15)17(13-25-5)22-18(23)16(21-19(22)24)11-12-20(2,3)4/h7-10,16-17H,6,11-13H2,1-5H3,(H,21,24)/t16-,17-/m0/s1. The van der Waals surface area contributed by atoms with Crippen LogP contribution in [-0.2, 0) is 9.53 Å². The van der Waals surface area contributed by atoms with E-state index in [1.54, 1.807) is 7.11 Å². The molecule has 0 unspecified atom stereocenters. The molecule has 2 rings (SSSR count). The van der Waals surface area contributed by atoms with Gasteiger partial charge in [-0.3, -0.25) is 9.69 Å². The van der Waals surface area contributed by atoms with Crippen molar-refractivity contribution in [2.24, 2.45) is 5.41 Å². The lowest BCUT2D eigenvalue weighted by molar-refractivity contribution is -0.130. The third-order valence-electron chi connectivity index (χ3n) is 4.45. The summed E-state index contributed by atoms with van der Waals surface area (Å²) in [5, 5.41) is 2.82. The van der Waals surface area contributed by atoms with E-state index in [4.69, 9.17) is 9.47 Å². The maximum absolute atomic E-state index is 12.9. The van der Waals surface area contributed by atoms with Crippen molar-refractivity contribution < 1.29 is 19.1 Å². The van der Waals surface area contributed by atoms with Crippen molar-refractivity contribution in [2.75, 3.05) is 20.3 Å². The maximum atomic E-state index is 12.9. The van der Waals surface area contributed by atoms with Crippen molar-refractivity contribution in [3.05, 3.63) is 29.8 Å². The minimum Gasteiger partial charge on any atom is -0.494 e. The van der Waals surface area contributed by atoms with Gasteiger partial charge in [-0.1, -0.05) is 32.9 Å². The van der Waals surface area contributed by atoms with Gasteiger partial charge >= 0.3 is 6.03 Å². The van der Waals surface area contributed by atoms with E-state index in [9.17, 15) is 9.59 Å². The summed E-state index contributed by atoms with van der Waals surface area (Å²) in [7, 11) is 1.57. The summed E-state index contributed by atoms with van der Waals surface area (Å²) in [6.07, 6.45) is 1.49. The van der Waals surface area contributed by atoms with Crippen molar-refractivity contribution in [1.82, 2.24) is 10.2 Å². The number of carbonyl (C=O) groups excluding carboxylic acids is 2. The predicted molar refractivity (Wildman–Crippen MR) is 100 cm³/mol. The van der Waals surface area contributed by atoms with Crippen molar-refractivity contribution >= 4 is 11.9 Å². The van der Waals surface area contributed by atoms with Gasteiger partial charge < -0.3 is 14.8 Å². The van der Waals surface area contributed by atoms with Crippen molar-refractivity contribution in [3.8, 4) is 5.75 Å². The van der Waals surface area contributed by atoms with Crippen LogP contribution in [0.1, 0.15) is 52.1 Å². The largest absolute Gasteiger partial charge is 0.494 e. The maximum Gasteiger partial charge on any atom is 0.325 e. The van der Waals surface area contributed by atoms with Gasteiger partial charge in [0.2, 0.25) is 0 Å². The highest BCUT2D eigenvalue weighted by Gasteiger charge is 2.42. The molecule has 6 heteroatoms. The number of amides is 3. The molecule has 1 aliphatic rings. The lowest BCUT2D eigenvalue weighted by Crippen LogP contribution is -2.37. The molecule has 0 aromatic heterocycles. The molecular formula is C20H30N2O4.